The van der Waals surface area contributed by atoms with Crippen molar-refractivity contribution in [3.8, 4) is 11.8 Å². The summed E-state index contributed by atoms with van der Waals surface area (Å²) < 4.78 is 12.6. The van der Waals surface area contributed by atoms with Gasteiger partial charge in [0.05, 0.1) is 6.54 Å². The van der Waals surface area contributed by atoms with Gasteiger partial charge in [0, 0.05) is 11.3 Å². The number of benzene rings is 2. The van der Waals surface area contributed by atoms with Gasteiger partial charge < -0.3 is 5.32 Å². The normalized spacial score (nSPS) is 9.24. The monoisotopic (exact) mass is 225 g/mol. The second-order valence-corrected chi connectivity index (χ2v) is 3.53. The molecule has 0 aliphatic rings. The maximum atomic E-state index is 12.6. The fourth-order valence-corrected chi connectivity index (χ4v) is 1.38. The molecular formula is C15H12FN. The van der Waals surface area contributed by atoms with Gasteiger partial charge in [0.2, 0.25) is 0 Å². The summed E-state index contributed by atoms with van der Waals surface area (Å²) in [6.45, 7) is 0.542. The summed E-state index contributed by atoms with van der Waals surface area (Å²) in [5.74, 6) is 5.82. The van der Waals surface area contributed by atoms with E-state index in [-0.39, 0.29) is 5.82 Å². The van der Waals surface area contributed by atoms with E-state index in [2.05, 4.69) is 17.2 Å². The van der Waals surface area contributed by atoms with Crippen molar-refractivity contribution in [2.75, 3.05) is 11.9 Å². The molecule has 0 atom stereocenters. The van der Waals surface area contributed by atoms with Crippen molar-refractivity contribution in [3.63, 3.8) is 0 Å². The Morgan fingerprint density at radius 1 is 0.941 bits per heavy atom. The van der Waals surface area contributed by atoms with E-state index in [9.17, 15) is 4.39 Å². The van der Waals surface area contributed by atoms with Gasteiger partial charge in [-0.05, 0) is 36.4 Å². The van der Waals surface area contributed by atoms with Crippen LogP contribution in [0.15, 0.2) is 54.6 Å². The summed E-state index contributed by atoms with van der Waals surface area (Å²) in [5, 5.41) is 3.10. The standard InChI is InChI=1S/C15H12FN/c16-14-8-10-15(11-9-14)17-12-4-7-13-5-2-1-3-6-13/h1-3,5-6,8-11,17H,12H2. The van der Waals surface area contributed by atoms with Gasteiger partial charge in [0.15, 0.2) is 0 Å². The average molecular weight is 225 g/mol. The Balaban J connectivity index is 1.88. The Bertz CT molecular complexity index is 520. The van der Waals surface area contributed by atoms with Crippen molar-refractivity contribution in [3.05, 3.63) is 66.0 Å². The largest absolute Gasteiger partial charge is 0.374 e. The zero-order valence-electron chi connectivity index (χ0n) is 9.28. The molecule has 0 bridgehead atoms. The van der Waals surface area contributed by atoms with E-state index in [1.165, 1.54) is 12.1 Å². The Kier molecular flexibility index (Phi) is 3.77. The number of nitrogens with one attached hydrogen (secondary N) is 1. The highest BCUT2D eigenvalue weighted by atomic mass is 19.1. The molecule has 0 unspecified atom stereocenters. The van der Waals surface area contributed by atoms with E-state index in [0.29, 0.717) is 6.54 Å². The summed E-state index contributed by atoms with van der Waals surface area (Å²) in [4.78, 5) is 0. The number of rotatable bonds is 2. The predicted octanol–water partition coefficient (Wildman–Crippen LogP) is 3.29. The zero-order valence-corrected chi connectivity index (χ0v) is 9.28. The minimum Gasteiger partial charge on any atom is -0.374 e. The fourth-order valence-electron chi connectivity index (χ4n) is 1.38. The molecule has 0 fully saturated rings. The van der Waals surface area contributed by atoms with Crippen molar-refractivity contribution in [1.82, 2.24) is 0 Å². The molecule has 1 nitrogen and oxygen atoms in total. The molecule has 0 heterocycles. The lowest BCUT2D eigenvalue weighted by Crippen LogP contribution is -1.98. The molecule has 0 aliphatic heterocycles. The Hall–Kier alpha value is -2.27. The van der Waals surface area contributed by atoms with Crippen LogP contribution in [0.25, 0.3) is 0 Å². The molecule has 1 N–H and O–H groups in total. The van der Waals surface area contributed by atoms with Gasteiger partial charge in [0.25, 0.3) is 0 Å². The third-order valence-electron chi connectivity index (χ3n) is 2.23. The summed E-state index contributed by atoms with van der Waals surface area (Å²) >= 11 is 0. The minimum absolute atomic E-state index is 0.231. The first-order valence-corrected chi connectivity index (χ1v) is 5.38. The second kappa shape index (κ2) is 5.72. The highest BCUT2D eigenvalue weighted by molar-refractivity contribution is 5.44. The van der Waals surface area contributed by atoms with Crippen LogP contribution in [0.1, 0.15) is 5.56 Å². The molecule has 2 aromatic rings. The molecule has 0 spiro atoms. The first-order chi connectivity index (χ1) is 8.34. The molecule has 2 rings (SSSR count). The number of hydrogen-bond acceptors (Lipinski definition) is 1. The number of halogens is 1. The average Bonchev–Trinajstić information content (AvgIpc) is 2.38. The Morgan fingerprint density at radius 2 is 1.65 bits per heavy atom. The van der Waals surface area contributed by atoms with Crippen LogP contribution in [-0.4, -0.2) is 6.54 Å². The van der Waals surface area contributed by atoms with Crippen molar-refractivity contribution in [2.24, 2.45) is 0 Å². The molecule has 2 aromatic carbocycles. The smallest absolute Gasteiger partial charge is 0.123 e. The molecule has 0 saturated heterocycles. The van der Waals surface area contributed by atoms with E-state index in [4.69, 9.17) is 0 Å². The molecule has 84 valence electrons. The van der Waals surface area contributed by atoms with E-state index in [1.807, 2.05) is 30.3 Å². The molecule has 0 saturated carbocycles. The lowest BCUT2D eigenvalue weighted by atomic mass is 10.2. The van der Waals surface area contributed by atoms with Gasteiger partial charge in [0.1, 0.15) is 5.82 Å². The van der Waals surface area contributed by atoms with Crippen LogP contribution >= 0.6 is 0 Å². The summed E-state index contributed by atoms with van der Waals surface area (Å²) in [6, 6.07) is 16.0. The van der Waals surface area contributed by atoms with E-state index < -0.39 is 0 Å². The fraction of sp³-hybridized carbons (Fsp3) is 0.0667. The van der Waals surface area contributed by atoms with Gasteiger partial charge in [-0.2, -0.15) is 0 Å². The minimum atomic E-state index is -0.231. The molecule has 0 aromatic heterocycles. The third kappa shape index (κ3) is 3.66. The first kappa shape index (κ1) is 11.2. The molecular weight excluding hydrogens is 213 g/mol. The van der Waals surface area contributed by atoms with E-state index >= 15 is 0 Å². The predicted molar refractivity (Wildman–Crippen MR) is 68.2 cm³/mol. The van der Waals surface area contributed by atoms with Crippen LogP contribution in [0.3, 0.4) is 0 Å². The summed E-state index contributed by atoms with van der Waals surface area (Å²) in [6.07, 6.45) is 0. The maximum Gasteiger partial charge on any atom is 0.123 e. The van der Waals surface area contributed by atoms with Gasteiger partial charge in [-0.1, -0.05) is 30.0 Å². The SMILES string of the molecule is Fc1ccc(NCC#Cc2ccccc2)cc1. The molecule has 0 radical (unpaired) electrons. The quantitative estimate of drug-likeness (QED) is 0.773. The maximum absolute atomic E-state index is 12.6. The van der Waals surface area contributed by atoms with Crippen molar-refractivity contribution >= 4 is 5.69 Å². The van der Waals surface area contributed by atoms with Crippen molar-refractivity contribution in [1.29, 1.82) is 0 Å². The topological polar surface area (TPSA) is 12.0 Å². The van der Waals surface area contributed by atoms with Gasteiger partial charge in [-0.3, -0.25) is 0 Å². The van der Waals surface area contributed by atoms with Crippen LogP contribution in [0.4, 0.5) is 10.1 Å². The zero-order chi connectivity index (χ0) is 11.9. The van der Waals surface area contributed by atoms with Gasteiger partial charge in [-0.15, -0.1) is 0 Å². The van der Waals surface area contributed by atoms with Gasteiger partial charge in [-0.25, -0.2) is 4.39 Å². The van der Waals surface area contributed by atoms with Crippen LogP contribution < -0.4 is 5.32 Å². The number of anilines is 1. The van der Waals surface area contributed by atoms with E-state index in [0.717, 1.165) is 11.3 Å². The number of hydrogen-bond donors (Lipinski definition) is 1. The Labute approximate surface area is 100 Å². The van der Waals surface area contributed by atoms with Gasteiger partial charge >= 0.3 is 0 Å². The van der Waals surface area contributed by atoms with Crippen LogP contribution in [0, 0.1) is 17.7 Å². The van der Waals surface area contributed by atoms with Crippen LogP contribution in [0.5, 0.6) is 0 Å². The summed E-state index contributed by atoms with van der Waals surface area (Å²) in [5.41, 5.74) is 1.86. The lowest BCUT2D eigenvalue weighted by molar-refractivity contribution is 0.628. The molecule has 0 aliphatic carbocycles. The van der Waals surface area contributed by atoms with Crippen molar-refractivity contribution < 1.29 is 4.39 Å². The summed E-state index contributed by atoms with van der Waals surface area (Å²) in [7, 11) is 0. The molecule has 17 heavy (non-hydrogen) atoms. The third-order valence-corrected chi connectivity index (χ3v) is 2.23. The van der Waals surface area contributed by atoms with Crippen molar-refractivity contribution in [2.45, 2.75) is 0 Å². The highest BCUT2D eigenvalue weighted by Crippen LogP contribution is 2.07. The van der Waals surface area contributed by atoms with E-state index in [1.54, 1.807) is 12.1 Å². The highest BCUT2D eigenvalue weighted by Gasteiger charge is 1.90. The van der Waals surface area contributed by atoms with Crippen LogP contribution in [-0.2, 0) is 0 Å². The lowest BCUT2D eigenvalue weighted by Gasteiger charge is -2.00. The van der Waals surface area contributed by atoms with Crippen LogP contribution in [0.2, 0.25) is 0 Å². The first-order valence-electron chi connectivity index (χ1n) is 5.38. The molecule has 0 amide bonds. The Morgan fingerprint density at radius 3 is 2.35 bits per heavy atom. The second-order valence-electron chi connectivity index (χ2n) is 3.53. The molecule has 2 heteroatoms.